The number of aliphatic hydroxyl groups is 1. The van der Waals surface area contributed by atoms with Crippen LogP contribution in [0.4, 0.5) is 0 Å². The van der Waals surface area contributed by atoms with Gasteiger partial charge in [-0.25, -0.2) is 0 Å². The fourth-order valence-electron chi connectivity index (χ4n) is 2.79. The van der Waals surface area contributed by atoms with Crippen molar-refractivity contribution in [3.8, 4) is 0 Å². The van der Waals surface area contributed by atoms with E-state index in [9.17, 15) is 8.42 Å². The first kappa shape index (κ1) is 17.8. The van der Waals surface area contributed by atoms with Crippen molar-refractivity contribution in [3.63, 3.8) is 0 Å². The lowest BCUT2D eigenvalue weighted by Crippen LogP contribution is -2.52. The van der Waals surface area contributed by atoms with Crippen molar-refractivity contribution in [3.05, 3.63) is 0 Å². The van der Waals surface area contributed by atoms with Gasteiger partial charge in [-0.3, -0.25) is 0 Å². The molecule has 1 aliphatic heterocycles. The zero-order valence-electron chi connectivity index (χ0n) is 13.1. The van der Waals surface area contributed by atoms with Crippen molar-refractivity contribution in [2.24, 2.45) is 5.92 Å². The number of rotatable bonds is 7. The topological polar surface area (TPSA) is 64.1 Å². The van der Waals surface area contributed by atoms with Gasteiger partial charge >= 0.3 is 0 Å². The smallest absolute Gasteiger partial charge is 0.282 e. The van der Waals surface area contributed by atoms with E-state index in [4.69, 9.17) is 5.11 Å². The van der Waals surface area contributed by atoms with Crippen LogP contribution in [0.1, 0.15) is 26.7 Å². The minimum Gasteiger partial charge on any atom is -0.396 e. The van der Waals surface area contributed by atoms with Crippen LogP contribution < -0.4 is 0 Å². The maximum Gasteiger partial charge on any atom is 0.282 e. The summed E-state index contributed by atoms with van der Waals surface area (Å²) in [4.78, 5) is 2.00. The molecule has 0 aromatic rings. The first-order valence-electron chi connectivity index (χ1n) is 7.35. The molecule has 1 fully saturated rings. The largest absolute Gasteiger partial charge is 0.396 e. The second-order valence-corrected chi connectivity index (χ2v) is 7.73. The lowest BCUT2D eigenvalue weighted by molar-refractivity contribution is 0.163. The van der Waals surface area contributed by atoms with E-state index in [0.717, 1.165) is 12.8 Å². The Balaban J connectivity index is 2.75. The van der Waals surface area contributed by atoms with Gasteiger partial charge in [-0.2, -0.15) is 17.0 Å². The summed E-state index contributed by atoms with van der Waals surface area (Å²) in [6.07, 6.45) is 1.49. The maximum absolute atomic E-state index is 12.7. The van der Waals surface area contributed by atoms with Crippen LogP contribution in [0, 0.1) is 5.92 Å². The standard InChI is InChI=1S/C13H29N3O3S/c1-5-16(12(2)10-14(3)4)20(18,19)15-8-6-13(11-17)7-9-15/h12-13,17H,5-11H2,1-4H3. The van der Waals surface area contributed by atoms with E-state index in [-0.39, 0.29) is 18.6 Å². The summed E-state index contributed by atoms with van der Waals surface area (Å²) in [5, 5.41) is 9.14. The van der Waals surface area contributed by atoms with E-state index < -0.39 is 10.2 Å². The highest BCUT2D eigenvalue weighted by Gasteiger charge is 2.34. The fraction of sp³-hybridized carbons (Fsp3) is 1.00. The third kappa shape index (κ3) is 4.39. The minimum absolute atomic E-state index is 0.0458. The molecule has 0 saturated carbocycles. The number of hydrogen-bond acceptors (Lipinski definition) is 4. The lowest BCUT2D eigenvalue weighted by atomic mass is 10.00. The van der Waals surface area contributed by atoms with E-state index in [2.05, 4.69) is 0 Å². The summed E-state index contributed by atoms with van der Waals surface area (Å²) in [6, 6.07) is -0.0458. The third-order valence-electron chi connectivity index (χ3n) is 3.89. The molecule has 1 aliphatic rings. The average molecular weight is 307 g/mol. The molecule has 1 atom stereocenters. The van der Waals surface area contributed by atoms with Gasteiger partial charge < -0.3 is 10.0 Å². The van der Waals surface area contributed by atoms with Crippen LogP contribution in [0.15, 0.2) is 0 Å². The van der Waals surface area contributed by atoms with Crippen LogP contribution in [0.3, 0.4) is 0 Å². The molecule has 0 spiro atoms. The van der Waals surface area contributed by atoms with Gasteiger partial charge in [0.05, 0.1) is 0 Å². The summed E-state index contributed by atoms with van der Waals surface area (Å²) in [6.45, 7) is 6.20. The van der Waals surface area contributed by atoms with Gasteiger partial charge in [0.25, 0.3) is 10.2 Å². The second kappa shape index (κ2) is 7.70. The Morgan fingerprint density at radius 1 is 1.30 bits per heavy atom. The zero-order valence-corrected chi connectivity index (χ0v) is 13.9. The van der Waals surface area contributed by atoms with Crippen molar-refractivity contribution in [2.45, 2.75) is 32.7 Å². The molecule has 20 heavy (non-hydrogen) atoms. The third-order valence-corrected chi connectivity index (χ3v) is 6.12. The molecule has 1 rings (SSSR count). The zero-order chi connectivity index (χ0) is 15.3. The van der Waals surface area contributed by atoms with E-state index in [1.165, 1.54) is 0 Å². The number of likely N-dealkylation sites (N-methyl/N-ethyl adjacent to an activating group) is 2. The van der Waals surface area contributed by atoms with Crippen LogP contribution in [0.25, 0.3) is 0 Å². The predicted octanol–water partition coefficient (Wildman–Crippen LogP) is 0.208. The molecular formula is C13H29N3O3S. The van der Waals surface area contributed by atoms with E-state index >= 15 is 0 Å². The van der Waals surface area contributed by atoms with Gasteiger partial charge in [-0.15, -0.1) is 0 Å². The van der Waals surface area contributed by atoms with Crippen molar-refractivity contribution in [1.29, 1.82) is 0 Å². The highest BCUT2D eigenvalue weighted by atomic mass is 32.2. The number of hydrogen-bond donors (Lipinski definition) is 1. The van der Waals surface area contributed by atoms with E-state index in [1.807, 2.05) is 32.8 Å². The first-order chi connectivity index (χ1) is 9.32. The normalized spacial score (nSPS) is 20.8. The first-order valence-corrected chi connectivity index (χ1v) is 8.75. The Labute approximate surface area is 123 Å². The Hall–Kier alpha value is -0.210. The molecule has 1 N–H and O–H groups in total. The molecule has 0 aromatic carbocycles. The number of piperidine rings is 1. The van der Waals surface area contributed by atoms with E-state index in [0.29, 0.717) is 26.2 Å². The van der Waals surface area contributed by atoms with Gasteiger partial charge in [0.15, 0.2) is 0 Å². The molecule has 7 heteroatoms. The summed E-state index contributed by atoms with van der Waals surface area (Å²) >= 11 is 0. The molecule has 0 aliphatic carbocycles. The molecule has 1 unspecified atom stereocenters. The average Bonchev–Trinajstić information content (AvgIpc) is 2.38. The molecule has 0 radical (unpaired) electrons. The molecule has 6 nitrogen and oxygen atoms in total. The van der Waals surface area contributed by atoms with Crippen LogP contribution in [0.2, 0.25) is 0 Å². The van der Waals surface area contributed by atoms with Gasteiger partial charge in [0.2, 0.25) is 0 Å². The molecule has 0 bridgehead atoms. The summed E-state index contributed by atoms with van der Waals surface area (Å²) < 4.78 is 28.6. The maximum atomic E-state index is 12.7. The summed E-state index contributed by atoms with van der Waals surface area (Å²) in [7, 11) is 0.504. The molecule has 0 amide bonds. The van der Waals surface area contributed by atoms with Gasteiger partial charge in [0, 0.05) is 38.8 Å². The van der Waals surface area contributed by atoms with Crippen molar-refractivity contribution in [1.82, 2.24) is 13.5 Å². The monoisotopic (exact) mass is 307 g/mol. The van der Waals surface area contributed by atoms with Gasteiger partial charge in [0.1, 0.15) is 0 Å². The Bertz CT molecular complexity index is 378. The second-order valence-electron chi connectivity index (χ2n) is 5.85. The predicted molar refractivity (Wildman–Crippen MR) is 80.7 cm³/mol. The van der Waals surface area contributed by atoms with Gasteiger partial charge in [-0.05, 0) is 39.8 Å². The Morgan fingerprint density at radius 3 is 2.25 bits per heavy atom. The fourth-order valence-corrected chi connectivity index (χ4v) is 4.61. The van der Waals surface area contributed by atoms with Crippen LogP contribution in [-0.4, -0.2) is 80.0 Å². The lowest BCUT2D eigenvalue weighted by Gasteiger charge is -2.37. The van der Waals surface area contributed by atoms with Crippen LogP contribution in [0.5, 0.6) is 0 Å². The number of nitrogens with zero attached hydrogens (tertiary/aromatic N) is 3. The highest BCUT2D eigenvalue weighted by Crippen LogP contribution is 2.22. The Morgan fingerprint density at radius 2 is 1.85 bits per heavy atom. The van der Waals surface area contributed by atoms with Crippen LogP contribution >= 0.6 is 0 Å². The molecule has 1 saturated heterocycles. The SMILES string of the molecule is CCN(C(C)CN(C)C)S(=O)(=O)N1CCC(CO)CC1. The van der Waals surface area contributed by atoms with Crippen molar-refractivity contribution >= 4 is 10.2 Å². The molecule has 120 valence electrons. The molecule has 1 heterocycles. The quantitative estimate of drug-likeness (QED) is 0.730. The van der Waals surface area contributed by atoms with Gasteiger partial charge in [-0.1, -0.05) is 6.92 Å². The van der Waals surface area contributed by atoms with Crippen LogP contribution in [-0.2, 0) is 10.2 Å². The van der Waals surface area contributed by atoms with E-state index in [1.54, 1.807) is 8.61 Å². The molecule has 0 aromatic heterocycles. The summed E-state index contributed by atoms with van der Waals surface area (Å²) in [5.41, 5.74) is 0. The van der Waals surface area contributed by atoms with Crippen molar-refractivity contribution < 1.29 is 13.5 Å². The summed E-state index contributed by atoms with van der Waals surface area (Å²) in [5.74, 6) is 0.246. The Kier molecular flexibility index (Phi) is 6.87. The minimum atomic E-state index is -3.39. The number of aliphatic hydroxyl groups excluding tert-OH is 1. The highest BCUT2D eigenvalue weighted by molar-refractivity contribution is 7.86. The molecular weight excluding hydrogens is 278 g/mol. The van der Waals surface area contributed by atoms with Crippen molar-refractivity contribution in [2.75, 3.05) is 46.9 Å².